The van der Waals surface area contributed by atoms with E-state index >= 15 is 0 Å². The van der Waals surface area contributed by atoms with Crippen molar-refractivity contribution in [3.8, 4) is 0 Å². The molecule has 6 heteroatoms. The molecule has 2 heterocycles. The summed E-state index contributed by atoms with van der Waals surface area (Å²) in [5, 5.41) is 6.81. The van der Waals surface area contributed by atoms with Crippen LogP contribution in [-0.4, -0.2) is 28.8 Å². The van der Waals surface area contributed by atoms with Gasteiger partial charge >= 0.3 is 0 Å². The van der Waals surface area contributed by atoms with Gasteiger partial charge in [0, 0.05) is 19.2 Å². The Hall–Kier alpha value is -2.89. The first-order valence-corrected chi connectivity index (χ1v) is 9.32. The average molecular weight is 367 g/mol. The molecule has 1 aliphatic rings. The highest BCUT2D eigenvalue weighted by Gasteiger charge is 2.22. The van der Waals surface area contributed by atoms with Gasteiger partial charge in [-0.05, 0) is 37.0 Å². The van der Waals surface area contributed by atoms with Crippen molar-refractivity contribution in [2.24, 2.45) is 5.16 Å². The van der Waals surface area contributed by atoms with Gasteiger partial charge in [0.05, 0.1) is 12.3 Å². The average Bonchev–Trinajstić information content (AvgIpc) is 3.15. The van der Waals surface area contributed by atoms with E-state index in [0.29, 0.717) is 25.1 Å². The molecule has 27 heavy (non-hydrogen) atoms. The zero-order valence-electron chi connectivity index (χ0n) is 15.8. The number of aromatic nitrogens is 1. The van der Waals surface area contributed by atoms with Crippen molar-refractivity contribution in [2.75, 3.05) is 6.54 Å². The number of rotatable bonds is 7. The van der Waals surface area contributed by atoms with Gasteiger partial charge in [-0.25, -0.2) is 0 Å². The Morgan fingerprint density at radius 1 is 1.30 bits per heavy atom. The molecule has 0 saturated heterocycles. The fourth-order valence-corrected chi connectivity index (χ4v) is 3.11. The first-order valence-electron chi connectivity index (χ1n) is 9.32. The second kappa shape index (κ2) is 8.66. The van der Waals surface area contributed by atoms with Crippen LogP contribution in [-0.2, 0) is 17.8 Å². The molecule has 0 spiro atoms. The molecule has 1 aromatic heterocycles. The van der Waals surface area contributed by atoms with E-state index in [0.717, 1.165) is 24.1 Å². The molecule has 1 amide bonds. The molecule has 1 aliphatic heterocycles. The molecule has 1 atom stereocenters. The van der Waals surface area contributed by atoms with Gasteiger partial charge in [-0.2, -0.15) is 0 Å². The SMILES string of the molecule is CCC1=NOC(CNC(=O)c2c(C)ccn(CCc3ccccc3)c2=O)C1. The van der Waals surface area contributed by atoms with Crippen LogP contribution in [0.25, 0.3) is 0 Å². The molecule has 0 saturated carbocycles. The number of amides is 1. The number of carbonyl (C=O) groups is 1. The lowest BCUT2D eigenvalue weighted by molar-refractivity contribution is 0.0752. The summed E-state index contributed by atoms with van der Waals surface area (Å²) in [6.45, 7) is 4.67. The third-order valence-electron chi connectivity index (χ3n) is 4.78. The van der Waals surface area contributed by atoms with E-state index in [1.165, 1.54) is 0 Å². The van der Waals surface area contributed by atoms with Gasteiger partial charge in [0.15, 0.2) is 0 Å². The quantitative estimate of drug-likeness (QED) is 0.818. The number of pyridine rings is 1. The molecule has 1 unspecified atom stereocenters. The maximum atomic E-state index is 12.8. The van der Waals surface area contributed by atoms with Crippen molar-refractivity contribution in [3.63, 3.8) is 0 Å². The van der Waals surface area contributed by atoms with E-state index in [2.05, 4.69) is 10.5 Å². The van der Waals surface area contributed by atoms with Crippen molar-refractivity contribution < 1.29 is 9.63 Å². The fourth-order valence-electron chi connectivity index (χ4n) is 3.11. The zero-order valence-corrected chi connectivity index (χ0v) is 15.8. The number of nitrogens with one attached hydrogen (secondary N) is 1. The minimum absolute atomic E-state index is 0.159. The van der Waals surface area contributed by atoms with Crippen LogP contribution >= 0.6 is 0 Å². The maximum absolute atomic E-state index is 12.8. The third kappa shape index (κ3) is 4.64. The monoisotopic (exact) mass is 367 g/mol. The van der Waals surface area contributed by atoms with Crippen molar-refractivity contribution in [3.05, 3.63) is 69.6 Å². The Balaban J connectivity index is 1.65. The van der Waals surface area contributed by atoms with E-state index in [-0.39, 0.29) is 23.1 Å². The summed E-state index contributed by atoms with van der Waals surface area (Å²) in [5.41, 5.74) is 2.75. The Morgan fingerprint density at radius 2 is 2.07 bits per heavy atom. The topological polar surface area (TPSA) is 72.7 Å². The number of hydrogen-bond acceptors (Lipinski definition) is 4. The maximum Gasteiger partial charge on any atom is 0.263 e. The largest absolute Gasteiger partial charge is 0.390 e. The molecule has 6 nitrogen and oxygen atoms in total. The van der Waals surface area contributed by atoms with Crippen molar-refractivity contribution >= 4 is 11.6 Å². The summed E-state index contributed by atoms with van der Waals surface area (Å²) in [5.74, 6) is -0.361. The number of hydrogen-bond donors (Lipinski definition) is 1. The molecule has 1 aromatic carbocycles. The molecule has 0 aliphatic carbocycles. The van der Waals surface area contributed by atoms with Crippen LogP contribution in [0.2, 0.25) is 0 Å². The van der Waals surface area contributed by atoms with Crippen LogP contribution in [0.5, 0.6) is 0 Å². The summed E-state index contributed by atoms with van der Waals surface area (Å²) in [7, 11) is 0. The number of nitrogens with zero attached hydrogens (tertiary/aromatic N) is 2. The van der Waals surface area contributed by atoms with Crippen molar-refractivity contribution in [1.82, 2.24) is 9.88 Å². The van der Waals surface area contributed by atoms with Crippen LogP contribution in [0.1, 0.15) is 41.3 Å². The van der Waals surface area contributed by atoms with E-state index < -0.39 is 0 Å². The first kappa shape index (κ1) is 18.9. The molecule has 0 radical (unpaired) electrons. The normalized spacial score (nSPS) is 15.9. The number of aryl methyl sites for hydroxylation is 3. The second-order valence-electron chi connectivity index (χ2n) is 6.76. The van der Waals surface area contributed by atoms with Crippen molar-refractivity contribution in [2.45, 2.75) is 45.8 Å². The van der Waals surface area contributed by atoms with Crippen LogP contribution in [0.4, 0.5) is 0 Å². The highest BCUT2D eigenvalue weighted by atomic mass is 16.6. The molecular formula is C21H25N3O3. The lowest BCUT2D eigenvalue weighted by Gasteiger charge is -2.13. The van der Waals surface area contributed by atoms with Gasteiger partial charge in [0.25, 0.3) is 11.5 Å². The highest BCUT2D eigenvalue weighted by molar-refractivity contribution is 5.95. The minimum Gasteiger partial charge on any atom is -0.390 e. The number of benzene rings is 1. The molecule has 1 N–H and O–H groups in total. The van der Waals surface area contributed by atoms with E-state index in [4.69, 9.17) is 4.84 Å². The van der Waals surface area contributed by atoms with Gasteiger partial charge < -0.3 is 14.7 Å². The molecular weight excluding hydrogens is 342 g/mol. The second-order valence-corrected chi connectivity index (χ2v) is 6.76. The van der Waals surface area contributed by atoms with E-state index in [1.54, 1.807) is 17.7 Å². The lowest BCUT2D eigenvalue weighted by Crippen LogP contribution is -2.37. The first-order chi connectivity index (χ1) is 13.1. The smallest absolute Gasteiger partial charge is 0.263 e. The van der Waals surface area contributed by atoms with E-state index in [1.807, 2.05) is 43.3 Å². The van der Waals surface area contributed by atoms with E-state index in [9.17, 15) is 9.59 Å². The van der Waals surface area contributed by atoms with Crippen LogP contribution in [0.3, 0.4) is 0 Å². The summed E-state index contributed by atoms with van der Waals surface area (Å²) in [6.07, 6.45) is 3.88. The Bertz CT molecular complexity index is 887. The van der Waals surface area contributed by atoms with Crippen molar-refractivity contribution in [1.29, 1.82) is 0 Å². The Morgan fingerprint density at radius 3 is 2.78 bits per heavy atom. The van der Waals surface area contributed by atoms with Crippen LogP contribution in [0, 0.1) is 6.92 Å². The van der Waals surface area contributed by atoms with Gasteiger partial charge in [0.2, 0.25) is 0 Å². The summed E-state index contributed by atoms with van der Waals surface area (Å²) in [4.78, 5) is 30.7. The van der Waals surface area contributed by atoms with Crippen LogP contribution in [0.15, 0.2) is 52.5 Å². The predicted octanol–water partition coefficient (Wildman–Crippen LogP) is 2.68. The zero-order chi connectivity index (χ0) is 19.2. The van der Waals surface area contributed by atoms with Gasteiger partial charge in [-0.1, -0.05) is 42.4 Å². The third-order valence-corrected chi connectivity index (χ3v) is 4.78. The molecule has 142 valence electrons. The molecule has 2 aromatic rings. The number of oxime groups is 1. The fraction of sp³-hybridized carbons (Fsp3) is 0.381. The summed E-state index contributed by atoms with van der Waals surface area (Å²) < 4.78 is 1.60. The summed E-state index contributed by atoms with van der Waals surface area (Å²) in [6, 6.07) is 11.8. The Kier molecular flexibility index (Phi) is 6.06. The molecule has 0 fully saturated rings. The number of carbonyl (C=O) groups excluding carboxylic acids is 1. The standard InChI is InChI=1S/C21H25N3O3/c1-3-17-13-18(27-23-17)14-22-20(25)19-15(2)9-11-24(21(19)26)12-10-16-7-5-4-6-8-16/h4-9,11,18H,3,10,12-14H2,1-2H3,(H,22,25). The minimum atomic E-state index is -0.361. The van der Waals surface area contributed by atoms with Gasteiger partial charge in [-0.15, -0.1) is 0 Å². The summed E-state index contributed by atoms with van der Waals surface area (Å²) >= 11 is 0. The van der Waals surface area contributed by atoms with Crippen LogP contribution < -0.4 is 10.9 Å². The highest BCUT2D eigenvalue weighted by Crippen LogP contribution is 2.12. The lowest BCUT2D eigenvalue weighted by atomic mass is 10.1. The molecule has 3 rings (SSSR count). The molecule has 0 bridgehead atoms. The van der Waals surface area contributed by atoms with Gasteiger partial charge in [0.1, 0.15) is 11.7 Å². The Labute approximate surface area is 158 Å². The predicted molar refractivity (Wildman–Crippen MR) is 105 cm³/mol. The van der Waals surface area contributed by atoms with Gasteiger partial charge in [-0.3, -0.25) is 9.59 Å².